The molecule has 9 heteroatoms. The number of ether oxygens (including phenoxy) is 1. The van der Waals surface area contributed by atoms with Gasteiger partial charge in [0.25, 0.3) is 10.6 Å². The van der Waals surface area contributed by atoms with Gasteiger partial charge in [0.1, 0.15) is 23.6 Å². The van der Waals surface area contributed by atoms with Crippen molar-refractivity contribution in [2.45, 2.75) is 57.5 Å². The van der Waals surface area contributed by atoms with Crippen molar-refractivity contribution in [1.29, 1.82) is 5.26 Å². The second-order valence-electron chi connectivity index (χ2n) is 7.92. The number of fused-ring (bicyclic) bond motifs is 1. The summed E-state index contributed by atoms with van der Waals surface area (Å²) in [4.78, 5) is 27.8. The van der Waals surface area contributed by atoms with Gasteiger partial charge in [-0.2, -0.15) is 5.26 Å². The smallest absolute Gasteiger partial charge is 0.294 e. The monoisotopic (exact) mass is 413 g/mol. The van der Waals surface area contributed by atoms with Crippen molar-refractivity contribution in [2.75, 3.05) is 0 Å². The number of hydrogen-bond donors (Lipinski definition) is 1. The molecule has 2 heterocycles. The van der Waals surface area contributed by atoms with Crippen LogP contribution in [0.5, 0.6) is 5.75 Å². The Morgan fingerprint density at radius 3 is 2.77 bits per heavy atom. The number of hydrogen-bond acceptors (Lipinski definition) is 7. The molecule has 30 heavy (non-hydrogen) atoms. The Labute approximate surface area is 173 Å². The molecule has 1 unspecified atom stereocenters. The van der Waals surface area contributed by atoms with E-state index in [1.54, 1.807) is 51.2 Å². The summed E-state index contributed by atoms with van der Waals surface area (Å²) in [6.45, 7) is 5.07. The van der Waals surface area contributed by atoms with Gasteiger partial charge >= 0.3 is 0 Å². The molecule has 1 N–H and O–H groups in total. The summed E-state index contributed by atoms with van der Waals surface area (Å²) in [6, 6.07) is 9.44. The highest BCUT2D eigenvalue weighted by molar-refractivity contribution is 5.46. The van der Waals surface area contributed by atoms with E-state index >= 15 is 0 Å². The maximum absolute atomic E-state index is 12.9. The molecular formula is C21H23N3O6. The fraction of sp³-hybridized carbons (Fsp3) is 0.429. The summed E-state index contributed by atoms with van der Waals surface area (Å²) < 4.78 is 7.33. The first-order valence-electron chi connectivity index (χ1n) is 9.55. The minimum Gasteiger partial charge on any atom is -0.485 e. The van der Waals surface area contributed by atoms with Crippen LogP contribution in [0.2, 0.25) is 0 Å². The second-order valence-corrected chi connectivity index (χ2v) is 7.92. The number of aromatic nitrogens is 1. The van der Waals surface area contributed by atoms with Gasteiger partial charge in [0.2, 0.25) is 0 Å². The first-order chi connectivity index (χ1) is 14.1. The van der Waals surface area contributed by atoms with Crippen LogP contribution in [0.1, 0.15) is 49.9 Å². The molecule has 1 aliphatic heterocycles. The molecule has 0 amide bonds. The average molecular weight is 413 g/mol. The van der Waals surface area contributed by atoms with Gasteiger partial charge in [-0.15, -0.1) is 10.1 Å². The van der Waals surface area contributed by atoms with E-state index in [0.717, 1.165) is 0 Å². The van der Waals surface area contributed by atoms with Crippen LogP contribution in [0.15, 0.2) is 41.3 Å². The highest BCUT2D eigenvalue weighted by atomic mass is 17.0. The van der Waals surface area contributed by atoms with E-state index in [1.165, 1.54) is 10.6 Å². The molecule has 0 radical (unpaired) electrons. The molecule has 0 bridgehead atoms. The molecule has 1 aliphatic rings. The number of rotatable bonds is 6. The van der Waals surface area contributed by atoms with Crippen molar-refractivity contribution in [2.24, 2.45) is 0 Å². The van der Waals surface area contributed by atoms with Crippen molar-refractivity contribution < 1.29 is 19.8 Å². The van der Waals surface area contributed by atoms with Gasteiger partial charge in [-0.1, -0.05) is 0 Å². The summed E-state index contributed by atoms with van der Waals surface area (Å²) in [5.41, 5.74) is 0.397. The van der Waals surface area contributed by atoms with E-state index in [1.807, 2.05) is 0 Å². The van der Waals surface area contributed by atoms with Crippen molar-refractivity contribution in [3.05, 3.63) is 73.7 Å². The van der Waals surface area contributed by atoms with Gasteiger partial charge < -0.3 is 19.2 Å². The van der Waals surface area contributed by atoms with Crippen LogP contribution >= 0.6 is 0 Å². The Hall–Kier alpha value is -3.38. The lowest BCUT2D eigenvalue weighted by Crippen LogP contribution is -2.52. The molecule has 1 aromatic carbocycles. The zero-order valence-corrected chi connectivity index (χ0v) is 16.9. The van der Waals surface area contributed by atoms with Gasteiger partial charge in [0, 0.05) is 17.8 Å². The number of pyridine rings is 1. The molecule has 158 valence electrons. The Balaban J connectivity index is 1.94. The van der Waals surface area contributed by atoms with Gasteiger partial charge in [-0.3, -0.25) is 4.79 Å². The predicted octanol–water partition coefficient (Wildman–Crippen LogP) is 2.37. The second kappa shape index (κ2) is 8.16. The Morgan fingerprint density at radius 2 is 2.13 bits per heavy atom. The maximum atomic E-state index is 12.9. The quantitative estimate of drug-likeness (QED) is 0.569. The molecule has 2 aromatic rings. The van der Waals surface area contributed by atoms with Crippen molar-refractivity contribution in [1.82, 2.24) is 4.57 Å². The summed E-state index contributed by atoms with van der Waals surface area (Å²) >= 11 is 0. The van der Waals surface area contributed by atoms with Crippen LogP contribution in [0.3, 0.4) is 0 Å². The lowest BCUT2D eigenvalue weighted by Gasteiger charge is -2.42. The summed E-state index contributed by atoms with van der Waals surface area (Å²) in [5, 5.41) is 29.8. The lowest BCUT2D eigenvalue weighted by molar-refractivity contribution is -0.767. The SMILES string of the molecule is CC(CCc1ccn([C@@H]2c3cc(C#N)ccc3OC(C)(C)[C@H]2O)c(=O)c1)O[N+](=O)[O-]. The largest absolute Gasteiger partial charge is 0.485 e. The van der Waals surface area contributed by atoms with E-state index < -0.39 is 28.9 Å². The minimum atomic E-state index is -1.03. The number of aliphatic hydroxyl groups excluding tert-OH is 1. The third-order valence-corrected chi connectivity index (χ3v) is 5.26. The zero-order valence-electron chi connectivity index (χ0n) is 16.9. The van der Waals surface area contributed by atoms with Crippen LogP contribution in [-0.2, 0) is 11.3 Å². The van der Waals surface area contributed by atoms with Crippen molar-refractivity contribution >= 4 is 0 Å². The molecule has 3 rings (SSSR count). The summed E-state index contributed by atoms with van der Waals surface area (Å²) in [5.74, 6) is 0.510. The van der Waals surface area contributed by atoms with Gasteiger partial charge in [-0.05, 0) is 63.4 Å². The average Bonchev–Trinajstić information content (AvgIpc) is 2.67. The lowest BCUT2D eigenvalue weighted by atomic mass is 9.85. The molecule has 9 nitrogen and oxygen atoms in total. The molecule has 3 atom stereocenters. The third kappa shape index (κ3) is 4.28. The van der Waals surface area contributed by atoms with Crippen LogP contribution in [-0.4, -0.2) is 32.6 Å². The van der Waals surface area contributed by atoms with Gasteiger partial charge in [0.15, 0.2) is 0 Å². The number of benzene rings is 1. The van der Waals surface area contributed by atoms with Crippen LogP contribution in [0, 0.1) is 21.4 Å². The number of aryl methyl sites for hydroxylation is 1. The van der Waals surface area contributed by atoms with E-state index in [9.17, 15) is 25.3 Å². The van der Waals surface area contributed by atoms with E-state index in [0.29, 0.717) is 35.3 Å². The highest BCUT2D eigenvalue weighted by Gasteiger charge is 2.44. The molecule has 0 spiro atoms. The van der Waals surface area contributed by atoms with Crippen LogP contribution in [0.25, 0.3) is 0 Å². The fourth-order valence-corrected chi connectivity index (χ4v) is 3.62. The summed E-state index contributed by atoms with van der Waals surface area (Å²) in [6.07, 6.45) is 0.788. The molecule has 1 aromatic heterocycles. The Bertz CT molecular complexity index is 1060. The zero-order chi connectivity index (χ0) is 22.1. The fourth-order valence-electron chi connectivity index (χ4n) is 3.62. The number of nitriles is 1. The van der Waals surface area contributed by atoms with E-state index in [-0.39, 0.29) is 5.56 Å². The molecule has 0 saturated heterocycles. The number of nitrogens with zero attached hydrogens (tertiary/aromatic N) is 3. The Morgan fingerprint density at radius 1 is 1.40 bits per heavy atom. The van der Waals surface area contributed by atoms with Crippen LogP contribution in [0.4, 0.5) is 0 Å². The van der Waals surface area contributed by atoms with E-state index in [2.05, 4.69) is 10.9 Å². The standard InChI is InChI=1S/C21H23N3O6/c1-13(30-24(27)28)4-5-14-8-9-23(18(25)11-14)19-16-10-15(12-22)6-7-17(16)29-21(2,3)20(19)26/h6-11,13,19-20,26H,4-5H2,1-3H3/t13?,19-,20+/m1/s1. The predicted molar refractivity (Wildman–Crippen MR) is 107 cm³/mol. The molecule has 0 aliphatic carbocycles. The highest BCUT2D eigenvalue weighted by Crippen LogP contribution is 2.41. The molecular weight excluding hydrogens is 390 g/mol. The van der Waals surface area contributed by atoms with Gasteiger partial charge in [0.05, 0.1) is 17.7 Å². The van der Waals surface area contributed by atoms with Crippen molar-refractivity contribution in [3.63, 3.8) is 0 Å². The Kier molecular flexibility index (Phi) is 5.80. The first kappa shape index (κ1) is 21.3. The topological polar surface area (TPSA) is 128 Å². The summed E-state index contributed by atoms with van der Waals surface area (Å²) in [7, 11) is 0. The van der Waals surface area contributed by atoms with Crippen molar-refractivity contribution in [3.8, 4) is 11.8 Å². The minimum absolute atomic E-state index is 0.328. The van der Waals surface area contributed by atoms with Crippen LogP contribution < -0.4 is 10.3 Å². The third-order valence-electron chi connectivity index (χ3n) is 5.26. The number of aliphatic hydroxyl groups is 1. The maximum Gasteiger partial charge on any atom is 0.294 e. The van der Waals surface area contributed by atoms with Gasteiger partial charge in [-0.25, -0.2) is 0 Å². The normalized spacial score (nSPS) is 20.4. The molecule has 0 saturated carbocycles. The molecule has 0 fully saturated rings. The van der Waals surface area contributed by atoms with E-state index in [4.69, 9.17) is 4.74 Å². The first-order valence-corrected chi connectivity index (χ1v) is 9.55.